The van der Waals surface area contributed by atoms with Crippen molar-refractivity contribution in [3.05, 3.63) is 28.8 Å². The number of carbonyl (C=O) groups is 1. The van der Waals surface area contributed by atoms with E-state index >= 15 is 0 Å². The lowest BCUT2D eigenvalue weighted by atomic mass is 9.76. The van der Waals surface area contributed by atoms with Gasteiger partial charge in [-0.1, -0.05) is 125 Å². The average Bonchev–Trinajstić information content (AvgIpc) is 2.71. The Hall–Kier alpha value is -1.51. The van der Waals surface area contributed by atoms with E-state index in [1.807, 2.05) is 0 Å². The Morgan fingerprint density at radius 1 is 0.788 bits per heavy atom. The molecule has 33 heavy (non-hydrogen) atoms. The minimum Gasteiger partial charge on any atom is -0.507 e. The molecule has 0 heterocycles. The number of esters is 1. The first-order valence-corrected chi connectivity index (χ1v) is 13.5. The van der Waals surface area contributed by atoms with Crippen molar-refractivity contribution in [1.82, 2.24) is 0 Å². The Kier molecular flexibility index (Phi) is 12.5. The quantitative estimate of drug-likeness (QED) is 0.222. The Morgan fingerprint density at radius 2 is 1.24 bits per heavy atom. The van der Waals surface area contributed by atoms with Crippen molar-refractivity contribution in [3.8, 4) is 5.75 Å². The topological polar surface area (TPSA) is 46.5 Å². The van der Waals surface area contributed by atoms with E-state index in [-0.39, 0.29) is 22.7 Å². The standard InChI is InChI=1S/C30H52O3/c1-9-11-13-15-16-18-20-33-28(32)24(19-17-14-12-10-2)23-21-25(29(3,4)5)27(31)26(22-23)30(6,7)8/h21-22,24,31H,9-20H2,1-8H3. The lowest BCUT2D eigenvalue weighted by Gasteiger charge is -2.29. The van der Waals surface area contributed by atoms with Gasteiger partial charge in [-0.25, -0.2) is 0 Å². The summed E-state index contributed by atoms with van der Waals surface area (Å²) in [6, 6.07) is 4.11. The van der Waals surface area contributed by atoms with E-state index in [1.165, 1.54) is 38.5 Å². The fourth-order valence-electron chi connectivity index (χ4n) is 4.35. The summed E-state index contributed by atoms with van der Waals surface area (Å²) in [5.41, 5.74) is 2.39. The number of carbonyl (C=O) groups excluding carboxylic acids is 1. The first kappa shape index (κ1) is 29.5. The van der Waals surface area contributed by atoms with Crippen molar-refractivity contribution >= 4 is 5.97 Å². The molecule has 1 aromatic carbocycles. The molecule has 0 aliphatic rings. The van der Waals surface area contributed by atoms with Crippen LogP contribution in [-0.2, 0) is 20.4 Å². The molecule has 3 nitrogen and oxygen atoms in total. The highest BCUT2D eigenvalue weighted by molar-refractivity contribution is 5.78. The maximum atomic E-state index is 13.3. The normalized spacial score (nSPS) is 13.2. The highest BCUT2D eigenvalue weighted by atomic mass is 16.5. The van der Waals surface area contributed by atoms with Crippen LogP contribution >= 0.6 is 0 Å². The van der Waals surface area contributed by atoms with Crippen molar-refractivity contribution in [2.75, 3.05) is 6.61 Å². The van der Waals surface area contributed by atoms with Crippen molar-refractivity contribution in [2.45, 2.75) is 143 Å². The number of unbranched alkanes of at least 4 members (excludes halogenated alkanes) is 8. The van der Waals surface area contributed by atoms with Crippen LogP contribution in [0.5, 0.6) is 5.75 Å². The first-order valence-electron chi connectivity index (χ1n) is 13.5. The molecule has 3 heteroatoms. The van der Waals surface area contributed by atoms with Crippen LogP contribution in [0.4, 0.5) is 0 Å². The van der Waals surface area contributed by atoms with E-state index in [0.717, 1.165) is 48.8 Å². The molecule has 0 aliphatic heterocycles. The van der Waals surface area contributed by atoms with Gasteiger partial charge in [-0.05, 0) is 40.4 Å². The fraction of sp³-hybridized carbons (Fsp3) is 0.767. The summed E-state index contributed by atoms with van der Waals surface area (Å²) in [5.74, 6) is -0.0147. The maximum absolute atomic E-state index is 13.3. The van der Waals surface area contributed by atoms with Crippen LogP contribution in [0, 0.1) is 0 Å². The van der Waals surface area contributed by atoms with E-state index in [1.54, 1.807) is 0 Å². The molecule has 0 bridgehead atoms. The molecule has 0 fully saturated rings. The molecular formula is C30H52O3. The second-order valence-electron chi connectivity index (χ2n) is 11.8. The van der Waals surface area contributed by atoms with Gasteiger partial charge in [0, 0.05) is 0 Å². The minimum atomic E-state index is -0.273. The highest BCUT2D eigenvalue weighted by Crippen LogP contribution is 2.42. The second kappa shape index (κ2) is 14.0. The number of hydrogen-bond acceptors (Lipinski definition) is 3. The van der Waals surface area contributed by atoms with Gasteiger partial charge in [0.05, 0.1) is 12.5 Å². The average molecular weight is 461 g/mol. The van der Waals surface area contributed by atoms with E-state index in [0.29, 0.717) is 12.4 Å². The summed E-state index contributed by atoms with van der Waals surface area (Å²) in [6.45, 7) is 17.6. The lowest BCUT2D eigenvalue weighted by Crippen LogP contribution is -2.21. The zero-order valence-electron chi connectivity index (χ0n) is 23.0. The van der Waals surface area contributed by atoms with E-state index in [2.05, 4.69) is 67.5 Å². The number of rotatable bonds is 14. The zero-order chi connectivity index (χ0) is 25.1. The molecule has 190 valence electrons. The van der Waals surface area contributed by atoms with Gasteiger partial charge in [0.25, 0.3) is 0 Å². The van der Waals surface area contributed by atoms with E-state index < -0.39 is 0 Å². The predicted molar refractivity (Wildman–Crippen MR) is 141 cm³/mol. The molecule has 0 aromatic heterocycles. The molecule has 1 unspecified atom stereocenters. The summed E-state index contributed by atoms with van der Waals surface area (Å²) in [7, 11) is 0. The van der Waals surface area contributed by atoms with E-state index in [4.69, 9.17) is 4.74 Å². The summed E-state index contributed by atoms with van der Waals surface area (Å²) in [6.07, 6.45) is 12.4. The third-order valence-electron chi connectivity index (χ3n) is 6.52. The van der Waals surface area contributed by atoms with Crippen LogP contribution in [0.1, 0.15) is 149 Å². The van der Waals surface area contributed by atoms with Gasteiger partial charge in [0.1, 0.15) is 5.75 Å². The first-order chi connectivity index (χ1) is 15.4. The molecule has 1 N–H and O–H groups in total. The Labute approximate surface area is 204 Å². The molecule has 0 radical (unpaired) electrons. The third kappa shape index (κ3) is 10.1. The Balaban J connectivity index is 3.12. The SMILES string of the molecule is CCCCCCCCOC(=O)C(CCCCCC)c1cc(C(C)(C)C)c(O)c(C(C)(C)C)c1. The number of ether oxygens (including phenoxy) is 1. The minimum absolute atomic E-state index is 0.106. The molecule has 1 aromatic rings. The predicted octanol–water partition coefficient (Wildman–Crippen LogP) is 8.94. The molecule has 0 aliphatic carbocycles. The molecule has 1 atom stereocenters. The molecule has 0 spiro atoms. The van der Waals surface area contributed by atoms with Gasteiger partial charge < -0.3 is 9.84 Å². The van der Waals surface area contributed by atoms with Gasteiger partial charge in [-0.2, -0.15) is 0 Å². The zero-order valence-corrected chi connectivity index (χ0v) is 23.0. The Morgan fingerprint density at radius 3 is 1.73 bits per heavy atom. The summed E-state index contributed by atoms with van der Waals surface area (Å²) in [5, 5.41) is 11.1. The smallest absolute Gasteiger partial charge is 0.313 e. The van der Waals surface area contributed by atoms with Crippen molar-refractivity contribution in [3.63, 3.8) is 0 Å². The Bertz CT molecular complexity index is 671. The molecule has 0 amide bonds. The number of aromatic hydroxyl groups is 1. The lowest BCUT2D eigenvalue weighted by molar-refractivity contribution is -0.145. The van der Waals surface area contributed by atoms with Crippen molar-refractivity contribution < 1.29 is 14.6 Å². The van der Waals surface area contributed by atoms with Crippen LogP contribution < -0.4 is 0 Å². The van der Waals surface area contributed by atoms with Gasteiger partial charge in [-0.3, -0.25) is 4.79 Å². The van der Waals surface area contributed by atoms with Gasteiger partial charge in [-0.15, -0.1) is 0 Å². The van der Waals surface area contributed by atoms with Crippen LogP contribution in [0.2, 0.25) is 0 Å². The summed E-state index contributed by atoms with van der Waals surface area (Å²) < 4.78 is 5.80. The number of phenolic OH excluding ortho intramolecular Hbond substituents is 1. The van der Waals surface area contributed by atoms with Crippen molar-refractivity contribution in [2.24, 2.45) is 0 Å². The van der Waals surface area contributed by atoms with Crippen molar-refractivity contribution in [1.29, 1.82) is 0 Å². The number of hydrogen-bond donors (Lipinski definition) is 1. The fourth-order valence-corrected chi connectivity index (χ4v) is 4.35. The monoisotopic (exact) mass is 460 g/mol. The van der Waals surface area contributed by atoms with Crippen LogP contribution in [0.25, 0.3) is 0 Å². The van der Waals surface area contributed by atoms with E-state index in [9.17, 15) is 9.90 Å². The largest absolute Gasteiger partial charge is 0.507 e. The molecule has 0 saturated heterocycles. The van der Waals surface area contributed by atoms with Crippen LogP contribution in [0.15, 0.2) is 12.1 Å². The third-order valence-corrected chi connectivity index (χ3v) is 6.52. The maximum Gasteiger partial charge on any atom is 0.313 e. The highest BCUT2D eigenvalue weighted by Gasteiger charge is 2.30. The van der Waals surface area contributed by atoms with Gasteiger partial charge >= 0.3 is 5.97 Å². The second-order valence-corrected chi connectivity index (χ2v) is 11.8. The molecule has 1 rings (SSSR count). The summed E-state index contributed by atoms with van der Waals surface area (Å²) >= 11 is 0. The molecule has 0 saturated carbocycles. The van der Waals surface area contributed by atoms with Crippen LogP contribution in [-0.4, -0.2) is 17.7 Å². The number of phenols is 1. The van der Waals surface area contributed by atoms with Gasteiger partial charge in [0.2, 0.25) is 0 Å². The van der Waals surface area contributed by atoms with Crippen LogP contribution in [0.3, 0.4) is 0 Å². The summed E-state index contributed by atoms with van der Waals surface area (Å²) in [4.78, 5) is 13.3. The van der Waals surface area contributed by atoms with Gasteiger partial charge in [0.15, 0.2) is 0 Å². The molecular weight excluding hydrogens is 408 g/mol. The number of benzene rings is 1.